The van der Waals surface area contributed by atoms with Crippen molar-refractivity contribution in [2.24, 2.45) is 0 Å². The van der Waals surface area contributed by atoms with E-state index in [1.807, 2.05) is 6.07 Å². The zero-order valence-electron chi connectivity index (χ0n) is 12.0. The van der Waals surface area contributed by atoms with Crippen LogP contribution in [0.5, 0.6) is 0 Å². The Hall–Kier alpha value is -1.23. The molecule has 2 aromatic rings. The van der Waals surface area contributed by atoms with Gasteiger partial charge >= 0.3 is 0 Å². The Labute approximate surface area is 124 Å². The number of rotatable bonds is 3. The quantitative estimate of drug-likeness (QED) is 0.865. The Kier molecular flexibility index (Phi) is 4.15. The zero-order chi connectivity index (χ0) is 13.9. The monoisotopic (exact) mass is 288 g/mol. The van der Waals surface area contributed by atoms with Crippen molar-refractivity contribution >= 4 is 11.3 Å². The van der Waals surface area contributed by atoms with Crippen LogP contribution in [0.1, 0.15) is 19.5 Å². The molecule has 0 saturated carbocycles. The van der Waals surface area contributed by atoms with Gasteiger partial charge in [-0.15, -0.1) is 11.3 Å². The standard InChI is InChI=1S/C16H20N2OS/c1-12-8-18(9-13(2)19-12)10-15-11-20-16(17-15)14-6-4-3-5-7-14/h3-7,11-13H,8-10H2,1-2H3/t12-,13-/m1/s1. The fourth-order valence-electron chi connectivity index (χ4n) is 2.74. The second-order valence-electron chi connectivity index (χ2n) is 5.46. The van der Waals surface area contributed by atoms with Crippen LogP contribution in [0.4, 0.5) is 0 Å². The number of morpholine rings is 1. The van der Waals surface area contributed by atoms with E-state index in [0.717, 1.165) is 30.3 Å². The molecule has 1 fully saturated rings. The number of nitrogens with zero attached hydrogens (tertiary/aromatic N) is 2. The summed E-state index contributed by atoms with van der Waals surface area (Å²) in [5.41, 5.74) is 2.36. The van der Waals surface area contributed by atoms with Crippen molar-refractivity contribution in [2.75, 3.05) is 13.1 Å². The lowest BCUT2D eigenvalue weighted by atomic mass is 10.2. The van der Waals surface area contributed by atoms with Crippen molar-refractivity contribution in [2.45, 2.75) is 32.6 Å². The molecule has 106 valence electrons. The summed E-state index contributed by atoms with van der Waals surface area (Å²) in [6.45, 7) is 7.17. The van der Waals surface area contributed by atoms with Crippen LogP contribution in [0.15, 0.2) is 35.7 Å². The van der Waals surface area contributed by atoms with Crippen LogP contribution in [0.25, 0.3) is 10.6 Å². The summed E-state index contributed by atoms with van der Waals surface area (Å²) in [5.74, 6) is 0. The first kappa shape index (κ1) is 13.7. The minimum atomic E-state index is 0.311. The summed E-state index contributed by atoms with van der Waals surface area (Å²) in [5, 5.41) is 3.28. The highest BCUT2D eigenvalue weighted by atomic mass is 32.1. The van der Waals surface area contributed by atoms with Crippen LogP contribution in [0.2, 0.25) is 0 Å². The average molecular weight is 288 g/mol. The van der Waals surface area contributed by atoms with Gasteiger partial charge in [0, 0.05) is 30.6 Å². The van der Waals surface area contributed by atoms with Crippen molar-refractivity contribution in [3.8, 4) is 10.6 Å². The number of benzene rings is 1. The maximum Gasteiger partial charge on any atom is 0.123 e. The van der Waals surface area contributed by atoms with Crippen molar-refractivity contribution in [3.05, 3.63) is 41.4 Å². The molecule has 1 aliphatic rings. The largest absolute Gasteiger partial charge is 0.373 e. The molecule has 4 heteroatoms. The molecule has 0 spiro atoms. The molecule has 2 atom stereocenters. The average Bonchev–Trinajstić information content (AvgIpc) is 2.87. The predicted molar refractivity (Wildman–Crippen MR) is 82.8 cm³/mol. The van der Waals surface area contributed by atoms with Gasteiger partial charge in [0.1, 0.15) is 5.01 Å². The van der Waals surface area contributed by atoms with E-state index >= 15 is 0 Å². The highest BCUT2D eigenvalue weighted by molar-refractivity contribution is 7.13. The molecular formula is C16H20N2OS. The molecule has 1 aliphatic heterocycles. The van der Waals surface area contributed by atoms with Gasteiger partial charge in [0.15, 0.2) is 0 Å². The van der Waals surface area contributed by atoms with E-state index in [0.29, 0.717) is 12.2 Å². The molecule has 20 heavy (non-hydrogen) atoms. The van der Waals surface area contributed by atoms with Gasteiger partial charge in [-0.25, -0.2) is 4.98 Å². The number of hydrogen-bond donors (Lipinski definition) is 0. The van der Waals surface area contributed by atoms with Gasteiger partial charge in [0.2, 0.25) is 0 Å². The Morgan fingerprint density at radius 1 is 1.20 bits per heavy atom. The van der Waals surface area contributed by atoms with Gasteiger partial charge in [0.05, 0.1) is 17.9 Å². The van der Waals surface area contributed by atoms with E-state index in [1.165, 1.54) is 5.56 Å². The van der Waals surface area contributed by atoms with Crippen molar-refractivity contribution < 1.29 is 4.74 Å². The topological polar surface area (TPSA) is 25.4 Å². The van der Waals surface area contributed by atoms with E-state index in [9.17, 15) is 0 Å². The summed E-state index contributed by atoms with van der Waals surface area (Å²) < 4.78 is 5.77. The summed E-state index contributed by atoms with van der Waals surface area (Å²) in [7, 11) is 0. The fraction of sp³-hybridized carbons (Fsp3) is 0.438. The second-order valence-corrected chi connectivity index (χ2v) is 6.32. The van der Waals surface area contributed by atoms with Crippen molar-refractivity contribution in [1.82, 2.24) is 9.88 Å². The first-order valence-corrected chi connectivity index (χ1v) is 7.96. The van der Waals surface area contributed by atoms with Gasteiger partial charge in [-0.1, -0.05) is 30.3 Å². The molecule has 3 rings (SSSR count). The van der Waals surface area contributed by atoms with E-state index in [2.05, 4.69) is 48.4 Å². The van der Waals surface area contributed by atoms with Crippen molar-refractivity contribution in [3.63, 3.8) is 0 Å². The highest BCUT2D eigenvalue weighted by Gasteiger charge is 2.22. The van der Waals surface area contributed by atoms with Crippen LogP contribution >= 0.6 is 11.3 Å². The van der Waals surface area contributed by atoms with Crippen LogP contribution in [0.3, 0.4) is 0 Å². The lowest BCUT2D eigenvalue weighted by molar-refractivity contribution is -0.0707. The molecule has 1 aromatic heterocycles. The number of hydrogen-bond acceptors (Lipinski definition) is 4. The molecule has 0 aliphatic carbocycles. The van der Waals surface area contributed by atoms with Crippen molar-refractivity contribution in [1.29, 1.82) is 0 Å². The Balaban J connectivity index is 1.68. The zero-order valence-corrected chi connectivity index (χ0v) is 12.8. The summed E-state index contributed by atoms with van der Waals surface area (Å²) >= 11 is 1.72. The lowest BCUT2D eigenvalue weighted by Gasteiger charge is -2.34. The van der Waals surface area contributed by atoms with Crippen LogP contribution in [-0.4, -0.2) is 35.2 Å². The minimum Gasteiger partial charge on any atom is -0.373 e. The molecule has 2 heterocycles. The number of ether oxygens (including phenoxy) is 1. The second kappa shape index (κ2) is 6.04. The molecule has 0 N–H and O–H groups in total. The maximum atomic E-state index is 5.77. The molecule has 3 nitrogen and oxygen atoms in total. The van der Waals surface area contributed by atoms with Gasteiger partial charge in [-0.2, -0.15) is 0 Å². The summed E-state index contributed by atoms with van der Waals surface area (Å²) in [6.07, 6.45) is 0.622. The Bertz CT molecular complexity index is 545. The van der Waals surface area contributed by atoms with Crippen LogP contribution < -0.4 is 0 Å². The van der Waals surface area contributed by atoms with E-state index in [1.54, 1.807) is 11.3 Å². The Morgan fingerprint density at radius 2 is 1.90 bits per heavy atom. The highest BCUT2D eigenvalue weighted by Crippen LogP contribution is 2.24. The van der Waals surface area contributed by atoms with E-state index in [4.69, 9.17) is 9.72 Å². The first-order chi connectivity index (χ1) is 9.70. The third kappa shape index (κ3) is 3.26. The minimum absolute atomic E-state index is 0.311. The van der Waals surface area contributed by atoms with Crippen LogP contribution in [0, 0.1) is 0 Å². The summed E-state index contributed by atoms with van der Waals surface area (Å²) in [4.78, 5) is 7.19. The predicted octanol–water partition coefficient (Wildman–Crippen LogP) is 3.42. The molecule has 1 saturated heterocycles. The third-order valence-electron chi connectivity index (χ3n) is 3.45. The molecule has 0 unspecified atom stereocenters. The third-order valence-corrected chi connectivity index (χ3v) is 4.39. The van der Waals surface area contributed by atoms with Gasteiger partial charge < -0.3 is 4.74 Å². The van der Waals surface area contributed by atoms with E-state index < -0.39 is 0 Å². The number of thiazole rings is 1. The Morgan fingerprint density at radius 3 is 2.60 bits per heavy atom. The molecule has 1 aromatic carbocycles. The summed E-state index contributed by atoms with van der Waals surface area (Å²) in [6, 6.07) is 10.4. The molecule has 0 radical (unpaired) electrons. The number of aromatic nitrogens is 1. The molecule has 0 amide bonds. The molecular weight excluding hydrogens is 268 g/mol. The maximum absolute atomic E-state index is 5.77. The van der Waals surface area contributed by atoms with E-state index in [-0.39, 0.29) is 0 Å². The smallest absolute Gasteiger partial charge is 0.123 e. The first-order valence-electron chi connectivity index (χ1n) is 7.08. The normalized spacial score (nSPS) is 23.9. The van der Waals surface area contributed by atoms with Crippen LogP contribution in [-0.2, 0) is 11.3 Å². The van der Waals surface area contributed by atoms with Gasteiger partial charge in [0.25, 0.3) is 0 Å². The lowest BCUT2D eigenvalue weighted by Crippen LogP contribution is -2.44. The SMILES string of the molecule is C[C@@H]1CN(Cc2csc(-c3ccccc3)n2)C[C@@H](C)O1. The fourth-order valence-corrected chi connectivity index (χ4v) is 3.55. The molecule has 0 bridgehead atoms. The van der Waals surface area contributed by atoms with Gasteiger partial charge in [-0.3, -0.25) is 4.90 Å². The van der Waals surface area contributed by atoms with Gasteiger partial charge in [-0.05, 0) is 13.8 Å².